The molecule has 5 saturated carbocycles. The average molecular weight is 619 g/mol. The molecule has 0 amide bonds. The van der Waals surface area contributed by atoms with Crippen LogP contribution >= 0.6 is 0 Å². The van der Waals surface area contributed by atoms with E-state index in [1.807, 2.05) is 0 Å². The van der Waals surface area contributed by atoms with Gasteiger partial charge in [-0.25, -0.2) is 9.59 Å². The molecule has 45 heavy (non-hydrogen) atoms. The zero-order valence-electron chi connectivity index (χ0n) is 28.5. The van der Waals surface area contributed by atoms with Crippen LogP contribution in [0, 0.1) is 56.7 Å². The molecular weight excluding hydrogens is 564 g/mol. The van der Waals surface area contributed by atoms with Gasteiger partial charge in [0.25, 0.3) is 0 Å². The lowest BCUT2D eigenvalue weighted by Gasteiger charge is -2.72. The number of carbonyl (C=O) groups is 3. The van der Waals surface area contributed by atoms with Gasteiger partial charge < -0.3 is 14.6 Å². The van der Waals surface area contributed by atoms with Gasteiger partial charge in [-0.1, -0.05) is 58.9 Å². The van der Waals surface area contributed by atoms with Crippen molar-refractivity contribution in [2.75, 3.05) is 7.11 Å². The van der Waals surface area contributed by atoms with Crippen LogP contribution in [0.3, 0.4) is 0 Å². The topological polar surface area (TPSA) is 89.9 Å². The molecule has 246 valence electrons. The smallest absolute Gasteiger partial charge is 0.339 e. The first-order valence-corrected chi connectivity index (χ1v) is 17.4. The Labute approximate surface area is 269 Å². The molecule has 0 aliphatic heterocycles. The van der Waals surface area contributed by atoms with Gasteiger partial charge in [0.2, 0.25) is 0 Å². The van der Waals surface area contributed by atoms with Crippen molar-refractivity contribution < 1.29 is 29.0 Å². The van der Waals surface area contributed by atoms with Gasteiger partial charge in [0.1, 0.15) is 6.10 Å². The summed E-state index contributed by atoms with van der Waals surface area (Å²) in [5.41, 5.74) is 1.12. The van der Waals surface area contributed by atoms with E-state index in [4.69, 9.17) is 9.47 Å². The number of hydrogen-bond donors (Lipinski definition) is 1. The fourth-order valence-corrected chi connectivity index (χ4v) is 12.8. The van der Waals surface area contributed by atoms with E-state index in [0.29, 0.717) is 23.7 Å². The fourth-order valence-electron chi connectivity index (χ4n) is 12.8. The van der Waals surface area contributed by atoms with Gasteiger partial charge in [0, 0.05) is 5.41 Å². The number of ether oxygens (including phenoxy) is 2. The average Bonchev–Trinajstić information content (AvgIpc) is 3.40. The number of allylic oxidation sites excluding steroid dienone is 1. The second kappa shape index (κ2) is 10.7. The first-order chi connectivity index (χ1) is 21.1. The van der Waals surface area contributed by atoms with E-state index < -0.39 is 23.3 Å². The van der Waals surface area contributed by atoms with Crippen LogP contribution in [0.25, 0.3) is 0 Å². The van der Waals surface area contributed by atoms with Gasteiger partial charge in [-0.15, -0.1) is 0 Å². The monoisotopic (exact) mass is 618 g/mol. The van der Waals surface area contributed by atoms with Crippen LogP contribution in [-0.4, -0.2) is 36.2 Å². The van der Waals surface area contributed by atoms with Crippen LogP contribution < -0.4 is 0 Å². The Morgan fingerprint density at radius 3 is 2.09 bits per heavy atom. The van der Waals surface area contributed by atoms with Crippen molar-refractivity contribution in [1.82, 2.24) is 0 Å². The predicted molar refractivity (Wildman–Crippen MR) is 174 cm³/mol. The summed E-state index contributed by atoms with van der Waals surface area (Å²) in [5.74, 6) is 0.214. The Morgan fingerprint density at radius 1 is 0.800 bits per heavy atom. The van der Waals surface area contributed by atoms with Gasteiger partial charge in [-0.2, -0.15) is 0 Å². The molecule has 6 nitrogen and oxygen atoms in total. The number of carboxylic acids is 1. The van der Waals surface area contributed by atoms with Crippen molar-refractivity contribution in [3.8, 4) is 0 Å². The molecule has 6 heteroatoms. The number of esters is 2. The number of carbonyl (C=O) groups excluding carboxylic acids is 2. The van der Waals surface area contributed by atoms with Crippen molar-refractivity contribution in [2.45, 2.75) is 112 Å². The Hall–Kier alpha value is -2.63. The summed E-state index contributed by atoms with van der Waals surface area (Å²) in [6.45, 7) is 18.7. The van der Waals surface area contributed by atoms with Gasteiger partial charge in [-0.05, 0) is 129 Å². The minimum absolute atomic E-state index is 0.0800. The van der Waals surface area contributed by atoms with Crippen LogP contribution in [0.1, 0.15) is 126 Å². The van der Waals surface area contributed by atoms with E-state index in [0.717, 1.165) is 64.2 Å². The van der Waals surface area contributed by atoms with Crippen molar-refractivity contribution in [3.05, 3.63) is 47.5 Å². The highest BCUT2D eigenvalue weighted by Crippen LogP contribution is 2.77. The van der Waals surface area contributed by atoms with Crippen LogP contribution in [-0.2, 0) is 14.3 Å². The molecule has 0 spiro atoms. The molecular formula is C39H54O6. The third-order valence-electron chi connectivity index (χ3n) is 15.2. The predicted octanol–water partition coefficient (Wildman–Crippen LogP) is 8.74. The number of aliphatic carboxylic acids is 1. The third-order valence-corrected chi connectivity index (χ3v) is 15.2. The van der Waals surface area contributed by atoms with Gasteiger partial charge in [-0.3, -0.25) is 4.79 Å². The van der Waals surface area contributed by atoms with E-state index in [2.05, 4.69) is 48.1 Å². The van der Waals surface area contributed by atoms with E-state index in [9.17, 15) is 19.5 Å². The maximum atomic E-state index is 13.5. The second-order valence-corrected chi connectivity index (χ2v) is 16.9. The highest BCUT2D eigenvalue weighted by atomic mass is 16.5. The Bertz CT molecular complexity index is 1410. The lowest BCUT2D eigenvalue weighted by Crippen LogP contribution is -2.67. The maximum absolute atomic E-state index is 13.5. The molecule has 0 bridgehead atoms. The molecule has 1 N–H and O–H groups in total. The van der Waals surface area contributed by atoms with Crippen LogP contribution in [0.4, 0.5) is 0 Å². The third kappa shape index (κ3) is 4.35. The summed E-state index contributed by atoms with van der Waals surface area (Å²) in [5, 5.41) is 10.6. The van der Waals surface area contributed by atoms with E-state index in [1.165, 1.54) is 12.7 Å². The normalized spacial score (nSPS) is 43.1. The lowest BCUT2D eigenvalue weighted by molar-refractivity contribution is -0.248. The summed E-state index contributed by atoms with van der Waals surface area (Å²) >= 11 is 0. The molecule has 5 aliphatic rings. The summed E-state index contributed by atoms with van der Waals surface area (Å²) in [4.78, 5) is 38.9. The zero-order chi connectivity index (χ0) is 32.7. The molecule has 5 fully saturated rings. The quantitative estimate of drug-likeness (QED) is 0.262. The zero-order valence-corrected chi connectivity index (χ0v) is 28.5. The van der Waals surface area contributed by atoms with E-state index in [1.54, 1.807) is 24.3 Å². The largest absolute Gasteiger partial charge is 0.481 e. The fraction of sp³-hybridized carbons (Fsp3) is 0.718. The molecule has 0 saturated heterocycles. The number of fused-ring (bicyclic) bond motifs is 7. The number of hydrogen-bond acceptors (Lipinski definition) is 5. The standard InChI is InChI=1S/C39H54O6/c1-23(2)24-15-20-39(34(42)43)22-21-37(6)27(31(24)39)13-14-29-36(5)18-17-30(35(3,4)28(36)16-19-38(29,37)7)45-33(41)26-12-10-9-11-25(26)32(40)44-8/h9-12,24,27-31H,1,13-22H2,2-8H3,(H,42,43)/t24-,27?,28?,29?,30-,31?,36-,37+,38+,39-/m0/s1. The minimum Gasteiger partial charge on any atom is -0.481 e. The number of carboxylic acid groups (broad SMARTS) is 1. The number of rotatable bonds is 5. The SMILES string of the molecule is C=C(C)[C@@H]1CC[C@]2(C(=O)O)CC[C@]3(C)C(CCC4[C@@]5(C)CC[C@H](OC(=O)c6ccccc6C(=O)OC)C(C)(C)C5CC[C@]43C)C12. The second-order valence-electron chi connectivity index (χ2n) is 16.9. The molecule has 4 unspecified atom stereocenters. The molecule has 0 aromatic heterocycles. The van der Waals surface area contributed by atoms with Crippen molar-refractivity contribution >= 4 is 17.9 Å². The molecule has 5 aliphatic carbocycles. The molecule has 0 heterocycles. The molecule has 6 rings (SSSR count). The highest BCUT2D eigenvalue weighted by Gasteiger charge is 2.72. The van der Waals surface area contributed by atoms with Crippen molar-refractivity contribution in [3.63, 3.8) is 0 Å². The number of methoxy groups -OCH3 is 1. The Morgan fingerprint density at radius 2 is 1.47 bits per heavy atom. The summed E-state index contributed by atoms with van der Waals surface area (Å²) in [6.07, 6.45) is 9.46. The molecule has 1 aromatic rings. The summed E-state index contributed by atoms with van der Waals surface area (Å²) < 4.78 is 11.2. The maximum Gasteiger partial charge on any atom is 0.339 e. The first kappa shape index (κ1) is 32.3. The van der Waals surface area contributed by atoms with E-state index >= 15 is 0 Å². The minimum atomic E-state index is -0.603. The summed E-state index contributed by atoms with van der Waals surface area (Å²) in [6, 6.07) is 6.74. The van der Waals surface area contributed by atoms with Gasteiger partial charge in [0.05, 0.1) is 23.7 Å². The first-order valence-electron chi connectivity index (χ1n) is 17.4. The molecule has 10 atom stereocenters. The van der Waals surface area contributed by atoms with Crippen LogP contribution in [0.5, 0.6) is 0 Å². The van der Waals surface area contributed by atoms with Gasteiger partial charge >= 0.3 is 17.9 Å². The van der Waals surface area contributed by atoms with Crippen molar-refractivity contribution in [1.29, 1.82) is 0 Å². The van der Waals surface area contributed by atoms with Gasteiger partial charge in [0.15, 0.2) is 0 Å². The summed E-state index contributed by atoms with van der Waals surface area (Å²) in [7, 11) is 1.32. The highest BCUT2D eigenvalue weighted by molar-refractivity contribution is 6.03. The Balaban J connectivity index is 1.28. The lowest BCUT2D eigenvalue weighted by atomic mass is 9.32. The molecule has 1 aromatic carbocycles. The molecule has 0 radical (unpaired) electrons. The van der Waals surface area contributed by atoms with Crippen molar-refractivity contribution in [2.24, 2.45) is 56.7 Å². The van der Waals surface area contributed by atoms with E-state index in [-0.39, 0.29) is 44.8 Å². The Kier molecular flexibility index (Phi) is 7.69. The van der Waals surface area contributed by atoms with Crippen LogP contribution in [0.15, 0.2) is 36.4 Å². The van der Waals surface area contributed by atoms with Crippen LogP contribution in [0.2, 0.25) is 0 Å². The number of benzene rings is 1.